The molecule has 0 saturated carbocycles. The normalized spacial score (nSPS) is 8.93. The number of aliphatic hydroxyl groups excluding tert-OH is 1. The fourth-order valence-corrected chi connectivity index (χ4v) is 1.13. The zero-order valence-electron chi connectivity index (χ0n) is 7.97. The molecule has 14 heavy (non-hydrogen) atoms. The van der Waals surface area contributed by atoms with E-state index in [2.05, 4.69) is 60.7 Å². The smallest absolute Gasteiger partial charge is 0.153 e. The van der Waals surface area contributed by atoms with Gasteiger partial charge in [-0.2, -0.15) is 0 Å². The second-order valence-corrected chi connectivity index (χ2v) is 3.46. The minimum absolute atomic E-state index is 0.000000000000000222. The topological polar surface area (TPSA) is 20.2 Å². The Morgan fingerprint density at radius 2 is 1.14 bits per heavy atom. The molecule has 0 unspecified atom stereocenters. The molecule has 2 aromatic rings. The lowest BCUT2D eigenvalue weighted by Crippen LogP contribution is -1.72. The van der Waals surface area contributed by atoms with Crippen molar-refractivity contribution in [2.24, 2.45) is 0 Å². The number of hydrogen-bond acceptors (Lipinski definition) is 1. The van der Waals surface area contributed by atoms with Gasteiger partial charge < -0.3 is 5.11 Å². The van der Waals surface area contributed by atoms with Gasteiger partial charge in [0.25, 0.3) is 0 Å². The molecule has 2 heteroatoms. The lowest BCUT2D eigenvalue weighted by molar-refractivity contribution is 0.565. The van der Waals surface area contributed by atoms with Crippen LogP contribution >= 0.6 is 12.2 Å². The van der Waals surface area contributed by atoms with Gasteiger partial charge in [0.2, 0.25) is 0 Å². The Labute approximate surface area is 89.0 Å². The Bertz CT molecular complexity index is 354. The van der Waals surface area contributed by atoms with Crippen LogP contribution in [-0.4, -0.2) is 10.2 Å². The van der Waals surface area contributed by atoms with Crippen LogP contribution in [0.25, 0.3) is 10.8 Å². The molecule has 0 saturated heterocycles. The molecule has 0 aliphatic carbocycles. The second kappa shape index (κ2) is 5.35. The maximum Gasteiger partial charge on any atom is 0.153 e. The van der Waals surface area contributed by atoms with Crippen LogP contribution in [0.1, 0.15) is 6.92 Å². The van der Waals surface area contributed by atoms with Crippen molar-refractivity contribution < 1.29 is 5.11 Å². The highest BCUT2D eigenvalue weighted by molar-refractivity contribution is 7.79. The Hall–Kier alpha value is -1.41. The number of fused-ring (bicyclic) bond motifs is 1. The third kappa shape index (κ3) is 3.54. The molecule has 0 atom stereocenters. The van der Waals surface area contributed by atoms with E-state index in [1.807, 2.05) is 0 Å². The van der Waals surface area contributed by atoms with Crippen molar-refractivity contribution >= 4 is 28.0 Å². The minimum Gasteiger partial charge on any atom is -0.502 e. The van der Waals surface area contributed by atoms with Crippen LogP contribution in [-0.2, 0) is 0 Å². The predicted octanol–water partition coefficient (Wildman–Crippen LogP) is 3.73. The SMILES string of the molecule is CC(O)=S.c1ccc2ccccc2c1. The van der Waals surface area contributed by atoms with Gasteiger partial charge in [-0.3, -0.25) is 0 Å². The summed E-state index contributed by atoms with van der Waals surface area (Å²) >= 11 is 4.09. The molecule has 0 radical (unpaired) electrons. The molecule has 1 N–H and O–H groups in total. The Morgan fingerprint density at radius 3 is 1.36 bits per heavy atom. The van der Waals surface area contributed by atoms with E-state index in [1.54, 1.807) is 0 Å². The molecule has 0 heterocycles. The second-order valence-electron chi connectivity index (χ2n) is 2.87. The van der Waals surface area contributed by atoms with Crippen molar-refractivity contribution in [3.63, 3.8) is 0 Å². The third-order valence-electron chi connectivity index (χ3n) is 1.66. The van der Waals surface area contributed by atoms with Gasteiger partial charge >= 0.3 is 0 Å². The Morgan fingerprint density at radius 1 is 0.929 bits per heavy atom. The van der Waals surface area contributed by atoms with Crippen LogP contribution < -0.4 is 0 Å². The molecular weight excluding hydrogens is 192 g/mol. The van der Waals surface area contributed by atoms with Gasteiger partial charge in [0.15, 0.2) is 5.05 Å². The number of hydrogen-bond donors (Lipinski definition) is 1. The van der Waals surface area contributed by atoms with Crippen LogP contribution in [0.5, 0.6) is 0 Å². The van der Waals surface area contributed by atoms with E-state index >= 15 is 0 Å². The van der Waals surface area contributed by atoms with Crippen LogP contribution in [0.4, 0.5) is 0 Å². The first-order valence-electron chi connectivity index (χ1n) is 4.33. The first-order chi connectivity index (χ1) is 6.70. The van der Waals surface area contributed by atoms with Crippen molar-refractivity contribution in [3.05, 3.63) is 48.5 Å². The lowest BCUT2D eigenvalue weighted by atomic mass is 10.1. The summed E-state index contributed by atoms with van der Waals surface area (Å²) in [5.41, 5.74) is 0. The lowest BCUT2D eigenvalue weighted by Gasteiger charge is -1.92. The van der Waals surface area contributed by atoms with Gasteiger partial charge in [-0.1, -0.05) is 48.5 Å². The van der Waals surface area contributed by atoms with Crippen molar-refractivity contribution in [2.45, 2.75) is 6.92 Å². The fourth-order valence-electron chi connectivity index (χ4n) is 1.13. The third-order valence-corrected chi connectivity index (χ3v) is 1.66. The first-order valence-corrected chi connectivity index (χ1v) is 4.74. The average molecular weight is 204 g/mol. The number of thiocarbonyl (C=S) groups is 1. The first kappa shape index (κ1) is 10.7. The van der Waals surface area contributed by atoms with Crippen LogP contribution in [0, 0.1) is 0 Å². The molecule has 72 valence electrons. The predicted molar refractivity (Wildman–Crippen MR) is 64.8 cm³/mol. The van der Waals surface area contributed by atoms with E-state index < -0.39 is 0 Å². The minimum atomic E-state index is 0.000000000000000222. The van der Waals surface area contributed by atoms with E-state index in [9.17, 15) is 0 Å². The van der Waals surface area contributed by atoms with E-state index in [1.165, 1.54) is 17.7 Å². The monoisotopic (exact) mass is 204 g/mol. The molecule has 1 nitrogen and oxygen atoms in total. The fraction of sp³-hybridized carbons (Fsp3) is 0.0833. The summed E-state index contributed by atoms with van der Waals surface area (Å²) in [7, 11) is 0. The highest BCUT2D eigenvalue weighted by Crippen LogP contribution is 2.11. The van der Waals surface area contributed by atoms with Crippen LogP contribution in [0.3, 0.4) is 0 Å². The van der Waals surface area contributed by atoms with Crippen molar-refractivity contribution in [1.82, 2.24) is 0 Å². The summed E-state index contributed by atoms with van der Waals surface area (Å²) in [5.74, 6) is 0. The van der Waals surface area contributed by atoms with Gasteiger partial charge in [-0.15, -0.1) is 0 Å². The van der Waals surface area contributed by atoms with Gasteiger partial charge in [-0.05, 0) is 23.0 Å². The molecule has 0 fully saturated rings. The van der Waals surface area contributed by atoms with Crippen molar-refractivity contribution in [1.29, 1.82) is 0 Å². The molecule has 0 aliphatic rings. The maximum atomic E-state index is 7.79. The van der Waals surface area contributed by atoms with Crippen molar-refractivity contribution in [3.8, 4) is 0 Å². The van der Waals surface area contributed by atoms with Crippen LogP contribution in [0.15, 0.2) is 48.5 Å². The summed E-state index contributed by atoms with van der Waals surface area (Å²) < 4.78 is 0. The van der Waals surface area contributed by atoms with Gasteiger partial charge in [0.1, 0.15) is 0 Å². The molecule has 2 rings (SSSR count). The molecule has 2 aromatic carbocycles. The van der Waals surface area contributed by atoms with Crippen LogP contribution in [0.2, 0.25) is 0 Å². The highest BCUT2D eigenvalue weighted by Gasteiger charge is 1.85. The van der Waals surface area contributed by atoms with Gasteiger partial charge in [0.05, 0.1) is 0 Å². The van der Waals surface area contributed by atoms with E-state index in [0.29, 0.717) is 0 Å². The van der Waals surface area contributed by atoms with E-state index in [4.69, 9.17) is 5.11 Å². The molecular formula is C12H12OS. The number of rotatable bonds is 0. The zero-order valence-corrected chi connectivity index (χ0v) is 8.79. The number of benzene rings is 2. The van der Waals surface area contributed by atoms with E-state index in [0.717, 1.165) is 0 Å². The standard InChI is InChI=1S/C10H8.C2H4OS/c1-2-6-10-8-4-3-7-9(10)5-1;1-2(3)4/h1-8H;1H3,(H,3,4). The Kier molecular flexibility index (Phi) is 4.08. The summed E-state index contributed by atoms with van der Waals surface area (Å²) in [6.07, 6.45) is 0. The van der Waals surface area contributed by atoms with E-state index in [-0.39, 0.29) is 5.05 Å². The molecule has 0 amide bonds. The van der Waals surface area contributed by atoms with Crippen molar-refractivity contribution in [2.75, 3.05) is 0 Å². The summed E-state index contributed by atoms with van der Waals surface area (Å²) in [6, 6.07) is 16.7. The summed E-state index contributed by atoms with van der Waals surface area (Å²) in [4.78, 5) is 0. The quantitative estimate of drug-likeness (QED) is 0.660. The molecule has 0 aromatic heterocycles. The van der Waals surface area contributed by atoms with Gasteiger partial charge in [0, 0.05) is 6.92 Å². The zero-order chi connectivity index (χ0) is 10.4. The molecule has 0 bridgehead atoms. The summed E-state index contributed by atoms with van der Waals surface area (Å²) in [5, 5.41) is 10.4. The largest absolute Gasteiger partial charge is 0.502 e. The summed E-state index contributed by atoms with van der Waals surface area (Å²) in [6.45, 7) is 1.45. The Balaban J connectivity index is 0.000000213. The molecule has 0 spiro atoms. The van der Waals surface area contributed by atoms with Gasteiger partial charge in [-0.25, -0.2) is 0 Å². The number of aliphatic hydroxyl groups is 1. The average Bonchev–Trinajstić information content (AvgIpc) is 2.17. The molecule has 0 aliphatic heterocycles. The maximum absolute atomic E-state index is 7.79. The highest BCUT2D eigenvalue weighted by atomic mass is 32.1.